The minimum absolute atomic E-state index is 0.0800. The van der Waals surface area contributed by atoms with E-state index in [2.05, 4.69) is 34.3 Å². The van der Waals surface area contributed by atoms with Crippen molar-refractivity contribution in [2.45, 2.75) is 46.6 Å². The summed E-state index contributed by atoms with van der Waals surface area (Å²) < 4.78 is 0. The third-order valence-electron chi connectivity index (χ3n) is 3.56. The van der Waals surface area contributed by atoms with Crippen molar-refractivity contribution in [1.29, 1.82) is 0 Å². The van der Waals surface area contributed by atoms with Gasteiger partial charge in [-0.3, -0.25) is 4.79 Å². The average molecular weight is 209 g/mol. The van der Waals surface area contributed by atoms with Crippen LogP contribution in [0.3, 0.4) is 0 Å². The number of likely N-dealkylation sites (tertiary alicyclic amines) is 1. The number of hydrogen-bond donors (Lipinski definition) is 0. The summed E-state index contributed by atoms with van der Waals surface area (Å²) >= 11 is 0. The molecule has 0 aliphatic carbocycles. The van der Waals surface area contributed by atoms with Gasteiger partial charge in [-0.15, -0.1) is 0 Å². The van der Waals surface area contributed by atoms with E-state index in [0.29, 0.717) is 12.0 Å². The first-order chi connectivity index (χ1) is 6.88. The van der Waals surface area contributed by atoms with Gasteiger partial charge in [0.05, 0.1) is 0 Å². The Bertz CT molecular complexity index is 252. The Labute approximate surface area is 93.3 Å². The largest absolute Gasteiger partial charge is 0.336 e. The van der Waals surface area contributed by atoms with Crippen molar-refractivity contribution in [1.82, 2.24) is 4.90 Å². The van der Waals surface area contributed by atoms with E-state index in [4.69, 9.17) is 0 Å². The topological polar surface area (TPSA) is 20.3 Å². The van der Waals surface area contributed by atoms with Gasteiger partial charge in [0.2, 0.25) is 5.91 Å². The monoisotopic (exact) mass is 209 g/mol. The van der Waals surface area contributed by atoms with Crippen molar-refractivity contribution < 1.29 is 4.79 Å². The minimum atomic E-state index is 0.0800. The number of amides is 1. The average Bonchev–Trinajstić information content (AvgIpc) is 2.15. The molecule has 2 nitrogen and oxygen atoms in total. The molecule has 2 atom stereocenters. The Kier molecular flexibility index (Phi) is 3.58. The van der Waals surface area contributed by atoms with Crippen molar-refractivity contribution in [3.63, 3.8) is 0 Å². The zero-order valence-corrected chi connectivity index (χ0v) is 10.4. The third-order valence-corrected chi connectivity index (χ3v) is 3.56. The summed E-state index contributed by atoms with van der Waals surface area (Å²) in [6, 6.07) is 0.337. The highest BCUT2D eigenvalue weighted by molar-refractivity contribution is 5.87. The van der Waals surface area contributed by atoms with Gasteiger partial charge in [-0.25, -0.2) is 0 Å². The van der Waals surface area contributed by atoms with Crippen LogP contribution in [0.5, 0.6) is 0 Å². The molecule has 0 spiro atoms. The number of nitrogens with zero attached hydrogens (tertiary/aromatic N) is 1. The molecule has 1 rings (SSSR count). The van der Waals surface area contributed by atoms with Crippen LogP contribution in [-0.4, -0.2) is 23.4 Å². The lowest BCUT2D eigenvalue weighted by Crippen LogP contribution is -2.49. The van der Waals surface area contributed by atoms with Crippen molar-refractivity contribution in [2.75, 3.05) is 6.54 Å². The van der Waals surface area contributed by atoms with Crippen LogP contribution in [0.2, 0.25) is 0 Å². The van der Waals surface area contributed by atoms with Gasteiger partial charge in [-0.1, -0.05) is 27.4 Å². The van der Waals surface area contributed by atoms with E-state index >= 15 is 0 Å². The molecule has 0 aromatic heterocycles. The van der Waals surface area contributed by atoms with Crippen LogP contribution in [0.1, 0.15) is 40.5 Å². The quantitative estimate of drug-likeness (QED) is 0.608. The standard InChI is InChI=1S/C13H23NO/c1-6-12(15)14-9-7-8-11(10(14)2)13(3,4)5/h6,10-11H,1,7-9H2,2-5H3. The molecule has 2 unspecified atom stereocenters. The molecule has 15 heavy (non-hydrogen) atoms. The van der Waals surface area contributed by atoms with E-state index in [1.807, 2.05) is 4.90 Å². The smallest absolute Gasteiger partial charge is 0.246 e. The molecule has 86 valence electrons. The van der Waals surface area contributed by atoms with Crippen LogP contribution in [-0.2, 0) is 4.79 Å². The van der Waals surface area contributed by atoms with Crippen LogP contribution < -0.4 is 0 Å². The van der Waals surface area contributed by atoms with Gasteiger partial charge in [0.1, 0.15) is 0 Å². The lowest BCUT2D eigenvalue weighted by molar-refractivity contribution is -0.132. The molecule has 0 aromatic carbocycles. The molecular weight excluding hydrogens is 186 g/mol. The second-order valence-corrected chi connectivity index (χ2v) is 5.59. The second-order valence-electron chi connectivity index (χ2n) is 5.59. The van der Waals surface area contributed by atoms with Gasteiger partial charge in [0.15, 0.2) is 0 Å². The van der Waals surface area contributed by atoms with Gasteiger partial charge < -0.3 is 4.90 Å². The summed E-state index contributed by atoms with van der Waals surface area (Å²) in [4.78, 5) is 13.6. The summed E-state index contributed by atoms with van der Waals surface area (Å²) in [6.07, 6.45) is 3.78. The maximum Gasteiger partial charge on any atom is 0.246 e. The van der Waals surface area contributed by atoms with E-state index in [1.54, 1.807) is 0 Å². The summed E-state index contributed by atoms with van der Waals surface area (Å²) in [5.41, 5.74) is 0.277. The maximum absolute atomic E-state index is 11.7. The molecular formula is C13H23NO. The highest BCUT2D eigenvalue weighted by Gasteiger charge is 2.36. The predicted octanol–water partition coefficient (Wildman–Crippen LogP) is 2.85. The molecule has 0 radical (unpaired) electrons. The van der Waals surface area contributed by atoms with Crippen LogP contribution in [0.4, 0.5) is 0 Å². The SMILES string of the molecule is C=CC(=O)N1CCCC(C(C)(C)C)C1C. The van der Waals surface area contributed by atoms with Crippen molar-refractivity contribution >= 4 is 5.91 Å². The molecule has 0 bridgehead atoms. The number of carbonyl (C=O) groups excluding carboxylic acids is 1. The van der Waals surface area contributed by atoms with Crippen molar-refractivity contribution in [3.8, 4) is 0 Å². The molecule has 1 aliphatic heterocycles. The highest BCUT2D eigenvalue weighted by atomic mass is 16.2. The van der Waals surface area contributed by atoms with Gasteiger partial charge in [-0.05, 0) is 37.2 Å². The lowest BCUT2D eigenvalue weighted by Gasteiger charge is -2.45. The fourth-order valence-corrected chi connectivity index (χ4v) is 2.73. The van der Waals surface area contributed by atoms with E-state index in [1.165, 1.54) is 12.5 Å². The van der Waals surface area contributed by atoms with Crippen molar-refractivity contribution in [2.24, 2.45) is 11.3 Å². The molecule has 0 saturated carbocycles. The molecule has 1 aliphatic rings. The highest BCUT2D eigenvalue weighted by Crippen LogP contribution is 2.37. The molecule has 2 heteroatoms. The summed E-state index contributed by atoms with van der Waals surface area (Å²) in [5, 5.41) is 0. The van der Waals surface area contributed by atoms with E-state index < -0.39 is 0 Å². The Morgan fingerprint density at radius 2 is 2.07 bits per heavy atom. The summed E-state index contributed by atoms with van der Waals surface area (Å²) in [5.74, 6) is 0.673. The normalized spacial score (nSPS) is 27.6. The third kappa shape index (κ3) is 2.61. The lowest BCUT2D eigenvalue weighted by atomic mass is 9.72. The van der Waals surface area contributed by atoms with Gasteiger partial charge >= 0.3 is 0 Å². The minimum Gasteiger partial charge on any atom is -0.336 e. The van der Waals surface area contributed by atoms with Crippen LogP contribution >= 0.6 is 0 Å². The maximum atomic E-state index is 11.7. The molecule has 0 N–H and O–H groups in total. The Morgan fingerprint density at radius 3 is 2.53 bits per heavy atom. The number of piperidine rings is 1. The summed E-state index contributed by atoms with van der Waals surface area (Å²) in [7, 11) is 0. The molecule has 1 fully saturated rings. The Morgan fingerprint density at radius 1 is 1.47 bits per heavy atom. The van der Waals surface area contributed by atoms with Crippen LogP contribution in [0.15, 0.2) is 12.7 Å². The summed E-state index contributed by atoms with van der Waals surface area (Å²) in [6.45, 7) is 13.4. The molecule has 1 heterocycles. The van der Waals surface area contributed by atoms with E-state index in [0.717, 1.165) is 13.0 Å². The van der Waals surface area contributed by atoms with E-state index in [9.17, 15) is 4.79 Å². The van der Waals surface area contributed by atoms with Crippen molar-refractivity contribution in [3.05, 3.63) is 12.7 Å². The fourth-order valence-electron chi connectivity index (χ4n) is 2.73. The number of rotatable bonds is 1. The Hall–Kier alpha value is -0.790. The van der Waals surface area contributed by atoms with Crippen LogP contribution in [0.25, 0.3) is 0 Å². The first kappa shape index (κ1) is 12.3. The number of hydrogen-bond acceptors (Lipinski definition) is 1. The Balaban J connectivity index is 2.80. The van der Waals surface area contributed by atoms with Gasteiger partial charge in [0, 0.05) is 12.6 Å². The fraction of sp³-hybridized carbons (Fsp3) is 0.769. The molecule has 1 amide bonds. The van der Waals surface area contributed by atoms with Crippen LogP contribution in [0, 0.1) is 11.3 Å². The zero-order chi connectivity index (χ0) is 11.6. The van der Waals surface area contributed by atoms with Gasteiger partial charge in [0.25, 0.3) is 0 Å². The zero-order valence-electron chi connectivity index (χ0n) is 10.4. The predicted molar refractivity (Wildman–Crippen MR) is 63.6 cm³/mol. The second kappa shape index (κ2) is 4.38. The number of carbonyl (C=O) groups is 1. The molecule has 1 saturated heterocycles. The molecule has 0 aromatic rings. The first-order valence-electron chi connectivity index (χ1n) is 5.81. The van der Waals surface area contributed by atoms with E-state index in [-0.39, 0.29) is 11.3 Å². The van der Waals surface area contributed by atoms with Gasteiger partial charge in [-0.2, -0.15) is 0 Å². The first-order valence-corrected chi connectivity index (χ1v) is 5.81.